The quantitative estimate of drug-likeness (QED) is 0.787. The van der Waals surface area contributed by atoms with Gasteiger partial charge in [-0.25, -0.2) is 0 Å². The zero-order valence-corrected chi connectivity index (χ0v) is 8.83. The van der Waals surface area contributed by atoms with Crippen LogP contribution in [0.15, 0.2) is 41.8 Å². The molecule has 0 bridgehead atoms. The zero-order valence-electron chi connectivity index (χ0n) is 8.01. The van der Waals surface area contributed by atoms with Gasteiger partial charge in [0, 0.05) is 4.88 Å². The molecule has 0 radical (unpaired) electrons. The van der Waals surface area contributed by atoms with E-state index in [4.69, 9.17) is 10.00 Å². The third kappa shape index (κ3) is 2.58. The van der Waals surface area contributed by atoms with Crippen molar-refractivity contribution in [2.45, 2.75) is 6.61 Å². The molecule has 74 valence electrons. The standard InChI is InChI=1S/C12H9NOS/c13-8-10-3-1-4-11(7-10)14-9-12-5-2-6-15-12/h1-7H,9H2. The Bertz CT molecular complexity index is 471. The molecule has 0 N–H and O–H groups in total. The first kappa shape index (κ1) is 9.75. The SMILES string of the molecule is N#Cc1cccc(OCc2cccs2)c1. The van der Waals surface area contributed by atoms with E-state index in [0.717, 1.165) is 5.75 Å². The smallest absolute Gasteiger partial charge is 0.122 e. The first-order valence-corrected chi connectivity index (χ1v) is 5.42. The Kier molecular flexibility index (Phi) is 3.01. The lowest BCUT2D eigenvalue weighted by atomic mass is 10.2. The molecule has 0 saturated carbocycles. The summed E-state index contributed by atoms with van der Waals surface area (Å²) in [5, 5.41) is 10.7. The van der Waals surface area contributed by atoms with Gasteiger partial charge in [-0.1, -0.05) is 12.1 Å². The number of thiophene rings is 1. The largest absolute Gasteiger partial charge is 0.488 e. The fourth-order valence-electron chi connectivity index (χ4n) is 1.20. The van der Waals surface area contributed by atoms with Crippen LogP contribution >= 0.6 is 11.3 Å². The summed E-state index contributed by atoms with van der Waals surface area (Å²) in [6.07, 6.45) is 0. The first-order chi connectivity index (χ1) is 7.38. The van der Waals surface area contributed by atoms with E-state index in [-0.39, 0.29) is 0 Å². The highest BCUT2D eigenvalue weighted by atomic mass is 32.1. The fourth-order valence-corrected chi connectivity index (χ4v) is 1.82. The van der Waals surface area contributed by atoms with Crippen molar-refractivity contribution in [1.29, 1.82) is 5.26 Å². The van der Waals surface area contributed by atoms with Crippen LogP contribution in [0.25, 0.3) is 0 Å². The number of nitriles is 1. The van der Waals surface area contributed by atoms with Gasteiger partial charge in [0.1, 0.15) is 12.4 Å². The summed E-state index contributed by atoms with van der Waals surface area (Å²) in [4.78, 5) is 1.18. The van der Waals surface area contributed by atoms with Gasteiger partial charge in [-0.05, 0) is 29.6 Å². The molecule has 0 amide bonds. The van der Waals surface area contributed by atoms with Gasteiger partial charge in [0.2, 0.25) is 0 Å². The van der Waals surface area contributed by atoms with Crippen molar-refractivity contribution < 1.29 is 4.74 Å². The van der Waals surface area contributed by atoms with Gasteiger partial charge in [0.15, 0.2) is 0 Å². The Balaban J connectivity index is 2.02. The molecular formula is C12H9NOS. The van der Waals surface area contributed by atoms with Crippen molar-refractivity contribution in [3.8, 4) is 11.8 Å². The van der Waals surface area contributed by atoms with Crippen LogP contribution in [-0.4, -0.2) is 0 Å². The van der Waals surface area contributed by atoms with Crippen molar-refractivity contribution in [3.05, 3.63) is 52.2 Å². The fraction of sp³-hybridized carbons (Fsp3) is 0.0833. The predicted octanol–water partition coefficient (Wildman–Crippen LogP) is 3.20. The summed E-state index contributed by atoms with van der Waals surface area (Å²) in [7, 11) is 0. The monoisotopic (exact) mass is 215 g/mol. The molecule has 1 heterocycles. The minimum atomic E-state index is 0.562. The lowest BCUT2D eigenvalue weighted by molar-refractivity contribution is 0.310. The van der Waals surface area contributed by atoms with E-state index in [9.17, 15) is 0 Å². The van der Waals surface area contributed by atoms with Gasteiger partial charge in [0.25, 0.3) is 0 Å². The van der Waals surface area contributed by atoms with E-state index < -0.39 is 0 Å². The second kappa shape index (κ2) is 4.63. The van der Waals surface area contributed by atoms with Gasteiger partial charge in [0.05, 0.1) is 11.6 Å². The summed E-state index contributed by atoms with van der Waals surface area (Å²) in [6, 6.07) is 13.3. The number of benzene rings is 1. The maximum Gasteiger partial charge on any atom is 0.122 e. The highest BCUT2D eigenvalue weighted by Gasteiger charge is 1.97. The normalized spacial score (nSPS) is 9.53. The van der Waals surface area contributed by atoms with E-state index in [1.165, 1.54) is 4.88 Å². The van der Waals surface area contributed by atoms with Gasteiger partial charge in [-0.2, -0.15) is 5.26 Å². The van der Waals surface area contributed by atoms with Crippen LogP contribution < -0.4 is 4.74 Å². The van der Waals surface area contributed by atoms with Crippen LogP contribution in [0.5, 0.6) is 5.75 Å². The maximum atomic E-state index is 8.71. The number of rotatable bonds is 3. The van der Waals surface area contributed by atoms with E-state index in [1.807, 2.05) is 29.6 Å². The third-order valence-corrected chi connectivity index (χ3v) is 2.77. The van der Waals surface area contributed by atoms with E-state index in [2.05, 4.69) is 6.07 Å². The Morgan fingerprint density at radius 1 is 1.27 bits per heavy atom. The highest BCUT2D eigenvalue weighted by Crippen LogP contribution is 2.16. The van der Waals surface area contributed by atoms with Crippen LogP contribution in [-0.2, 0) is 6.61 Å². The van der Waals surface area contributed by atoms with Crippen molar-refractivity contribution in [2.75, 3.05) is 0 Å². The summed E-state index contributed by atoms with van der Waals surface area (Å²) in [6.45, 7) is 0.562. The summed E-state index contributed by atoms with van der Waals surface area (Å²) in [5.74, 6) is 0.738. The molecular weight excluding hydrogens is 206 g/mol. The lowest BCUT2D eigenvalue weighted by Gasteiger charge is -2.03. The molecule has 0 unspecified atom stereocenters. The Hall–Kier alpha value is -1.79. The predicted molar refractivity (Wildman–Crippen MR) is 59.8 cm³/mol. The van der Waals surface area contributed by atoms with Gasteiger partial charge in [-0.3, -0.25) is 0 Å². The minimum absolute atomic E-state index is 0.562. The molecule has 15 heavy (non-hydrogen) atoms. The molecule has 0 fully saturated rings. The Labute approximate surface area is 92.4 Å². The average molecular weight is 215 g/mol. The summed E-state index contributed by atoms with van der Waals surface area (Å²) < 4.78 is 5.55. The molecule has 1 aromatic heterocycles. The lowest BCUT2D eigenvalue weighted by Crippen LogP contribution is -1.92. The molecule has 2 nitrogen and oxygen atoms in total. The van der Waals surface area contributed by atoms with Crippen LogP contribution in [0.3, 0.4) is 0 Å². The maximum absolute atomic E-state index is 8.71. The molecule has 0 aliphatic heterocycles. The van der Waals surface area contributed by atoms with Crippen molar-refractivity contribution in [3.63, 3.8) is 0 Å². The summed E-state index contributed by atoms with van der Waals surface area (Å²) in [5.41, 5.74) is 0.624. The number of nitrogens with zero attached hydrogens (tertiary/aromatic N) is 1. The second-order valence-corrected chi connectivity index (χ2v) is 4.04. The average Bonchev–Trinajstić information content (AvgIpc) is 2.79. The number of hydrogen-bond acceptors (Lipinski definition) is 3. The van der Waals surface area contributed by atoms with Gasteiger partial charge in [-0.15, -0.1) is 11.3 Å². The van der Waals surface area contributed by atoms with Crippen LogP contribution in [0.1, 0.15) is 10.4 Å². The third-order valence-electron chi connectivity index (χ3n) is 1.92. The molecule has 0 saturated heterocycles. The first-order valence-electron chi connectivity index (χ1n) is 4.54. The Morgan fingerprint density at radius 3 is 2.93 bits per heavy atom. The Morgan fingerprint density at radius 2 is 2.20 bits per heavy atom. The number of hydrogen-bond donors (Lipinski definition) is 0. The molecule has 0 atom stereocenters. The zero-order chi connectivity index (χ0) is 10.5. The van der Waals surface area contributed by atoms with Crippen LogP contribution in [0.4, 0.5) is 0 Å². The van der Waals surface area contributed by atoms with Gasteiger partial charge >= 0.3 is 0 Å². The van der Waals surface area contributed by atoms with Gasteiger partial charge < -0.3 is 4.74 Å². The van der Waals surface area contributed by atoms with E-state index in [1.54, 1.807) is 23.5 Å². The molecule has 0 aliphatic carbocycles. The van der Waals surface area contributed by atoms with E-state index in [0.29, 0.717) is 12.2 Å². The van der Waals surface area contributed by atoms with Crippen molar-refractivity contribution in [2.24, 2.45) is 0 Å². The van der Waals surface area contributed by atoms with Crippen molar-refractivity contribution >= 4 is 11.3 Å². The minimum Gasteiger partial charge on any atom is -0.488 e. The molecule has 2 aromatic rings. The molecule has 0 spiro atoms. The molecule has 3 heteroatoms. The molecule has 1 aromatic carbocycles. The number of ether oxygens (including phenoxy) is 1. The van der Waals surface area contributed by atoms with E-state index >= 15 is 0 Å². The molecule has 0 aliphatic rings. The van der Waals surface area contributed by atoms with Crippen LogP contribution in [0, 0.1) is 11.3 Å². The van der Waals surface area contributed by atoms with Crippen LogP contribution in [0.2, 0.25) is 0 Å². The molecule has 2 rings (SSSR count). The van der Waals surface area contributed by atoms with Crippen molar-refractivity contribution in [1.82, 2.24) is 0 Å². The highest BCUT2D eigenvalue weighted by molar-refractivity contribution is 7.09. The summed E-state index contributed by atoms with van der Waals surface area (Å²) >= 11 is 1.66. The second-order valence-electron chi connectivity index (χ2n) is 3.01. The topological polar surface area (TPSA) is 33.0 Å².